The predicted octanol–water partition coefficient (Wildman–Crippen LogP) is 1.87. The number of nitrogens with zero attached hydrogens (tertiary/aromatic N) is 4. The van der Waals surface area contributed by atoms with Crippen LogP contribution >= 0.6 is 0 Å². The van der Waals surface area contributed by atoms with Gasteiger partial charge < -0.3 is 9.26 Å². The summed E-state index contributed by atoms with van der Waals surface area (Å²) in [4.78, 5) is 2.12. The van der Waals surface area contributed by atoms with Gasteiger partial charge in [-0.2, -0.15) is 9.57 Å². The van der Waals surface area contributed by atoms with Crippen molar-refractivity contribution in [1.82, 2.24) is 14.4 Å². The lowest BCUT2D eigenvalue weighted by molar-refractivity contribution is 0.162. The fourth-order valence-electron chi connectivity index (χ4n) is 3.35. The molecule has 1 unspecified atom stereocenters. The second kappa shape index (κ2) is 7.68. The quantitative estimate of drug-likeness (QED) is 0.768. The van der Waals surface area contributed by atoms with Crippen molar-refractivity contribution in [3.05, 3.63) is 41.3 Å². The van der Waals surface area contributed by atoms with E-state index in [2.05, 4.69) is 11.2 Å². The summed E-state index contributed by atoms with van der Waals surface area (Å²) in [6.45, 7) is 4.73. The molecule has 0 bridgehead atoms. The van der Waals surface area contributed by atoms with Crippen LogP contribution in [0.2, 0.25) is 0 Å². The molecule has 27 heavy (non-hydrogen) atoms. The maximum absolute atomic E-state index is 12.9. The Balaban J connectivity index is 1.75. The Hall–Kier alpha value is -2.41. The van der Waals surface area contributed by atoms with Gasteiger partial charge in [-0.1, -0.05) is 17.3 Å². The molecule has 1 aliphatic rings. The van der Waals surface area contributed by atoms with Crippen molar-refractivity contribution in [3.63, 3.8) is 0 Å². The minimum absolute atomic E-state index is 0.139. The molecule has 2 heterocycles. The van der Waals surface area contributed by atoms with Crippen molar-refractivity contribution in [2.75, 3.05) is 33.3 Å². The van der Waals surface area contributed by atoms with Crippen LogP contribution < -0.4 is 4.74 Å². The first-order chi connectivity index (χ1) is 12.9. The van der Waals surface area contributed by atoms with E-state index in [1.54, 1.807) is 21.0 Å². The van der Waals surface area contributed by atoms with E-state index < -0.39 is 16.1 Å². The van der Waals surface area contributed by atoms with E-state index in [0.717, 1.165) is 5.56 Å². The number of sulfonamides is 1. The maximum Gasteiger partial charge on any atom is 0.248 e. The van der Waals surface area contributed by atoms with Gasteiger partial charge in [0.1, 0.15) is 22.4 Å². The maximum atomic E-state index is 12.9. The second-order valence-electron chi connectivity index (χ2n) is 6.40. The molecular formula is C18H22N4O4S. The summed E-state index contributed by atoms with van der Waals surface area (Å²) in [7, 11) is -2.08. The van der Waals surface area contributed by atoms with Crippen LogP contribution in [0.5, 0.6) is 5.75 Å². The van der Waals surface area contributed by atoms with Crippen molar-refractivity contribution < 1.29 is 17.7 Å². The van der Waals surface area contributed by atoms with Gasteiger partial charge in [-0.05, 0) is 31.5 Å². The summed E-state index contributed by atoms with van der Waals surface area (Å²) in [5.41, 5.74) is 1.19. The summed E-state index contributed by atoms with van der Waals surface area (Å²) in [6, 6.07) is 9.24. The van der Waals surface area contributed by atoms with Gasteiger partial charge in [0, 0.05) is 26.2 Å². The van der Waals surface area contributed by atoms with Gasteiger partial charge in [0.25, 0.3) is 0 Å². The molecule has 0 spiro atoms. The van der Waals surface area contributed by atoms with E-state index in [0.29, 0.717) is 43.4 Å². The summed E-state index contributed by atoms with van der Waals surface area (Å²) >= 11 is 0. The number of hydrogen-bond donors (Lipinski definition) is 0. The molecule has 144 valence electrons. The van der Waals surface area contributed by atoms with Crippen LogP contribution in [-0.2, 0) is 10.0 Å². The summed E-state index contributed by atoms with van der Waals surface area (Å²) < 4.78 is 37.5. The number of rotatable bonds is 5. The smallest absolute Gasteiger partial charge is 0.248 e. The highest BCUT2D eigenvalue weighted by molar-refractivity contribution is 7.89. The van der Waals surface area contributed by atoms with Crippen LogP contribution in [-0.4, -0.2) is 56.1 Å². The van der Waals surface area contributed by atoms with Gasteiger partial charge in [-0.15, -0.1) is 0 Å². The number of ether oxygens (including phenoxy) is 1. The van der Waals surface area contributed by atoms with Gasteiger partial charge in [0.05, 0.1) is 13.2 Å². The van der Waals surface area contributed by atoms with Crippen molar-refractivity contribution in [3.8, 4) is 11.8 Å². The molecule has 2 aromatic rings. The second-order valence-corrected chi connectivity index (χ2v) is 8.28. The molecule has 0 amide bonds. The molecule has 1 aliphatic heterocycles. The van der Waals surface area contributed by atoms with E-state index in [4.69, 9.17) is 9.26 Å². The van der Waals surface area contributed by atoms with Crippen LogP contribution in [0.15, 0.2) is 33.7 Å². The summed E-state index contributed by atoms with van der Waals surface area (Å²) in [6.07, 6.45) is 0. The van der Waals surface area contributed by atoms with Crippen molar-refractivity contribution >= 4 is 10.0 Å². The van der Waals surface area contributed by atoms with E-state index in [1.165, 1.54) is 4.31 Å². The fraction of sp³-hybridized carbons (Fsp3) is 0.444. The molecular weight excluding hydrogens is 368 g/mol. The Morgan fingerprint density at radius 3 is 2.52 bits per heavy atom. The molecule has 3 rings (SSSR count). The SMILES string of the molecule is COc1cccc(C(C#N)N2CCN(S(=O)(=O)c3c(C)noc3C)CC2)c1. The van der Waals surface area contributed by atoms with Crippen LogP contribution in [0.3, 0.4) is 0 Å². The molecule has 9 heteroatoms. The number of nitriles is 1. The number of hydrogen-bond acceptors (Lipinski definition) is 7. The standard InChI is InChI=1S/C18H22N4O4S/c1-13-18(14(2)26-20-13)27(23,24)22-9-7-21(8-10-22)17(12-19)15-5-4-6-16(11-15)25-3/h4-6,11,17H,7-10H2,1-3H3. The number of piperazine rings is 1. The van der Waals surface area contributed by atoms with Gasteiger partial charge in [0.15, 0.2) is 5.76 Å². The summed E-state index contributed by atoms with van der Waals surface area (Å²) in [5.74, 6) is 0.980. The fourth-order valence-corrected chi connectivity index (χ4v) is 5.07. The van der Waals surface area contributed by atoms with E-state index in [-0.39, 0.29) is 4.90 Å². The van der Waals surface area contributed by atoms with E-state index in [9.17, 15) is 13.7 Å². The van der Waals surface area contributed by atoms with Crippen molar-refractivity contribution in [1.29, 1.82) is 5.26 Å². The van der Waals surface area contributed by atoms with E-state index in [1.807, 2.05) is 29.2 Å². The Bertz CT molecular complexity index is 936. The first kappa shape index (κ1) is 19.4. The van der Waals surface area contributed by atoms with Crippen LogP contribution in [0.4, 0.5) is 0 Å². The first-order valence-corrected chi connectivity index (χ1v) is 10.0. The average molecular weight is 390 g/mol. The molecule has 0 aliphatic carbocycles. The van der Waals surface area contributed by atoms with Crippen molar-refractivity contribution in [2.45, 2.75) is 24.8 Å². The van der Waals surface area contributed by atoms with Crippen LogP contribution in [0.1, 0.15) is 23.1 Å². The highest BCUT2D eigenvalue weighted by atomic mass is 32.2. The molecule has 0 radical (unpaired) electrons. The molecule has 1 saturated heterocycles. The van der Waals surface area contributed by atoms with E-state index >= 15 is 0 Å². The Morgan fingerprint density at radius 2 is 1.96 bits per heavy atom. The Morgan fingerprint density at radius 1 is 1.26 bits per heavy atom. The lowest BCUT2D eigenvalue weighted by Crippen LogP contribution is -2.49. The Labute approximate surface area is 159 Å². The van der Waals surface area contributed by atoms with Crippen LogP contribution in [0, 0.1) is 25.2 Å². The number of methoxy groups -OCH3 is 1. The molecule has 0 N–H and O–H groups in total. The molecule has 1 aromatic carbocycles. The lowest BCUT2D eigenvalue weighted by Gasteiger charge is -2.36. The number of aromatic nitrogens is 1. The molecule has 0 saturated carbocycles. The number of benzene rings is 1. The zero-order chi connectivity index (χ0) is 19.6. The molecule has 1 aromatic heterocycles. The monoisotopic (exact) mass is 390 g/mol. The molecule has 1 fully saturated rings. The third-order valence-corrected chi connectivity index (χ3v) is 6.88. The molecule has 1 atom stereocenters. The topological polar surface area (TPSA) is 99.7 Å². The van der Waals surface area contributed by atoms with Gasteiger partial charge in [-0.3, -0.25) is 4.90 Å². The zero-order valence-corrected chi connectivity index (χ0v) is 16.4. The average Bonchev–Trinajstić information content (AvgIpc) is 3.02. The van der Waals surface area contributed by atoms with Gasteiger partial charge in [0.2, 0.25) is 10.0 Å². The lowest BCUT2D eigenvalue weighted by atomic mass is 10.1. The predicted molar refractivity (Wildman–Crippen MR) is 97.7 cm³/mol. The normalized spacial score (nSPS) is 17.4. The minimum atomic E-state index is -3.66. The van der Waals surface area contributed by atoms with Crippen molar-refractivity contribution in [2.24, 2.45) is 0 Å². The number of aryl methyl sites for hydroxylation is 2. The largest absolute Gasteiger partial charge is 0.497 e. The molecule has 8 nitrogen and oxygen atoms in total. The van der Waals surface area contributed by atoms with Gasteiger partial charge >= 0.3 is 0 Å². The third kappa shape index (κ3) is 3.69. The van der Waals surface area contributed by atoms with Crippen LogP contribution in [0.25, 0.3) is 0 Å². The third-order valence-electron chi connectivity index (χ3n) is 4.74. The highest BCUT2D eigenvalue weighted by Crippen LogP contribution is 2.28. The highest BCUT2D eigenvalue weighted by Gasteiger charge is 2.35. The summed E-state index contributed by atoms with van der Waals surface area (Å²) in [5, 5.41) is 13.4. The van der Waals surface area contributed by atoms with Gasteiger partial charge in [-0.25, -0.2) is 8.42 Å². The minimum Gasteiger partial charge on any atom is -0.497 e. The Kier molecular flexibility index (Phi) is 5.51. The first-order valence-electron chi connectivity index (χ1n) is 8.59. The zero-order valence-electron chi connectivity index (χ0n) is 15.5.